The Balaban J connectivity index is 2.24. The Labute approximate surface area is 84.2 Å². The molecule has 76 valence electrons. The Morgan fingerprint density at radius 2 is 2.33 bits per heavy atom. The van der Waals surface area contributed by atoms with Crippen molar-refractivity contribution in [3.63, 3.8) is 0 Å². The average molecular weight is 206 g/mol. The van der Waals surface area contributed by atoms with Crippen LogP contribution in [0.1, 0.15) is 0 Å². The van der Waals surface area contributed by atoms with Crippen molar-refractivity contribution in [3.05, 3.63) is 30.7 Å². The zero-order valence-electron chi connectivity index (χ0n) is 7.45. The van der Waals surface area contributed by atoms with Crippen molar-refractivity contribution in [2.45, 2.75) is 0 Å². The summed E-state index contributed by atoms with van der Waals surface area (Å²) in [6, 6.07) is 3.46. The third-order valence-corrected chi connectivity index (χ3v) is 1.58. The fraction of sp³-hybridized carbons (Fsp3) is 0. The lowest BCUT2D eigenvalue weighted by molar-refractivity contribution is 0.133. The van der Waals surface area contributed by atoms with Gasteiger partial charge >= 0.3 is 12.1 Å². The van der Waals surface area contributed by atoms with Crippen molar-refractivity contribution in [1.29, 1.82) is 0 Å². The number of ether oxygens (including phenoxy) is 1. The maximum Gasteiger partial charge on any atom is 0.513 e. The normalized spacial score (nSPS) is 9.87. The molecule has 15 heavy (non-hydrogen) atoms. The predicted octanol–water partition coefficient (Wildman–Crippen LogP) is 1.79. The molecule has 0 spiro atoms. The molecule has 0 saturated heterocycles. The van der Waals surface area contributed by atoms with Gasteiger partial charge in [0.15, 0.2) is 0 Å². The predicted molar refractivity (Wildman–Crippen MR) is 48.4 cm³/mol. The zero-order valence-corrected chi connectivity index (χ0v) is 7.45. The number of rotatable bonds is 2. The van der Waals surface area contributed by atoms with Crippen molar-refractivity contribution in [1.82, 2.24) is 9.97 Å². The number of carbonyl (C=O) groups is 1. The van der Waals surface area contributed by atoms with Crippen LogP contribution in [0.25, 0.3) is 11.5 Å². The summed E-state index contributed by atoms with van der Waals surface area (Å²) >= 11 is 0. The van der Waals surface area contributed by atoms with Crippen LogP contribution < -0.4 is 4.74 Å². The van der Waals surface area contributed by atoms with Crippen LogP contribution in [0.4, 0.5) is 4.79 Å². The fourth-order valence-corrected chi connectivity index (χ4v) is 1.02. The van der Waals surface area contributed by atoms with E-state index >= 15 is 0 Å². The summed E-state index contributed by atoms with van der Waals surface area (Å²) in [7, 11) is 0. The molecule has 1 N–H and O–H groups in total. The van der Waals surface area contributed by atoms with Gasteiger partial charge in [-0.2, -0.15) is 0 Å². The lowest BCUT2D eigenvalue weighted by atomic mass is 10.3. The summed E-state index contributed by atoms with van der Waals surface area (Å²) in [5, 5.41) is 8.32. The van der Waals surface area contributed by atoms with Crippen molar-refractivity contribution in [2.75, 3.05) is 0 Å². The average Bonchev–Trinajstić information content (AvgIpc) is 2.67. The smallest absolute Gasteiger partial charge is 0.449 e. The second-order valence-corrected chi connectivity index (χ2v) is 2.59. The highest BCUT2D eigenvalue weighted by Crippen LogP contribution is 2.21. The van der Waals surface area contributed by atoms with Gasteiger partial charge in [0.1, 0.15) is 6.20 Å². The minimum Gasteiger partial charge on any atom is -0.449 e. The Bertz CT molecular complexity index is 466. The molecule has 2 aromatic heterocycles. The van der Waals surface area contributed by atoms with Gasteiger partial charge in [-0.1, -0.05) is 0 Å². The summed E-state index contributed by atoms with van der Waals surface area (Å²) in [4.78, 5) is 17.9. The van der Waals surface area contributed by atoms with Crippen molar-refractivity contribution in [3.8, 4) is 17.4 Å². The second-order valence-electron chi connectivity index (χ2n) is 2.59. The first-order valence-corrected chi connectivity index (χ1v) is 4.03. The van der Waals surface area contributed by atoms with Crippen LogP contribution in [0.2, 0.25) is 0 Å². The van der Waals surface area contributed by atoms with Crippen molar-refractivity contribution >= 4 is 6.16 Å². The van der Waals surface area contributed by atoms with E-state index in [2.05, 4.69) is 14.7 Å². The first kappa shape index (κ1) is 9.20. The van der Waals surface area contributed by atoms with Crippen LogP contribution in [0, 0.1) is 0 Å². The molecule has 0 aliphatic carbocycles. The van der Waals surface area contributed by atoms with Gasteiger partial charge in [-0.05, 0) is 12.1 Å². The molecule has 6 nitrogen and oxygen atoms in total. The van der Waals surface area contributed by atoms with Gasteiger partial charge in [0.2, 0.25) is 5.89 Å². The number of hydrogen-bond donors (Lipinski definition) is 1. The molecule has 2 heterocycles. The summed E-state index contributed by atoms with van der Waals surface area (Å²) < 4.78 is 9.31. The number of pyridine rings is 1. The molecule has 0 saturated carbocycles. The first-order valence-electron chi connectivity index (χ1n) is 4.03. The Kier molecular flexibility index (Phi) is 2.32. The molecule has 0 fully saturated rings. The van der Waals surface area contributed by atoms with Crippen LogP contribution in [0.5, 0.6) is 5.95 Å². The molecule has 0 aliphatic heterocycles. The van der Waals surface area contributed by atoms with Gasteiger partial charge in [-0.25, -0.2) is 9.78 Å². The fourth-order valence-electron chi connectivity index (χ4n) is 1.02. The van der Waals surface area contributed by atoms with Crippen LogP contribution in [0.15, 0.2) is 35.1 Å². The highest BCUT2D eigenvalue weighted by Gasteiger charge is 2.09. The van der Waals surface area contributed by atoms with Gasteiger partial charge in [0, 0.05) is 12.4 Å². The number of hydrogen-bond acceptors (Lipinski definition) is 5. The van der Waals surface area contributed by atoms with Gasteiger partial charge in [0.25, 0.3) is 0 Å². The molecule has 0 unspecified atom stereocenters. The van der Waals surface area contributed by atoms with E-state index < -0.39 is 6.16 Å². The quantitative estimate of drug-likeness (QED) is 0.754. The summed E-state index contributed by atoms with van der Waals surface area (Å²) in [5.74, 6) is 0.0979. The monoisotopic (exact) mass is 206 g/mol. The molecule has 6 heteroatoms. The molecule has 0 amide bonds. The van der Waals surface area contributed by atoms with E-state index in [1.54, 1.807) is 24.5 Å². The third-order valence-electron chi connectivity index (χ3n) is 1.58. The molecule has 0 aliphatic rings. The SMILES string of the molecule is O=C(O)Oc1cnc(-c2cccnc2)o1. The van der Waals surface area contributed by atoms with E-state index in [1.165, 1.54) is 6.20 Å². The Morgan fingerprint density at radius 3 is 3.00 bits per heavy atom. The number of carboxylic acid groups (broad SMARTS) is 1. The van der Waals surface area contributed by atoms with Crippen LogP contribution in [-0.2, 0) is 0 Å². The van der Waals surface area contributed by atoms with Crippen LogP contribution >= 0.6 is 0 Å². The van der Waals surface area contributed by atoms with E-state index in [-0.39, 0.29) is 11.8 Å². The lowest BCUT2D eigenvalue weighted by Gasteiger charge is -1.93. The number of oxazole rings is 1. The topological polar surface area (TPSA) is 85.5 Å². The van der Waals surface area contributed by atoms with Crippen LogP contribution in [-0.4, -0.2) is 21.2 Å². The van der Waals surface area contributed by atoms with Crippen molar-refractivity contribution < 1.29 is 19.1 Å². The second kappa shape index (κ2) is 3.79. The molecule has 0 atom stereocenters. The number of nitrogens with zero attached hydrogens (tertiary/aromatic N) is 2. The summed E-state index contributed by atoms with van der Waals surface area (Å²) in [5.41, 5.74) is 0.651. The molecule has 0 bridgehead atoms. The van der Waals surface area contributed by atoms with Crippen molar-refractivity contribution in [2.24, 2.45) is 0 Å². The highest BCUT2D eigenvalue weighted by atomic mass is 16.7. The summed E-state index contributed by atoms with van der Waals surface area (Å²) in [6.07, 6.45) is 2.91. The molecular weight excluding hydrogens is 200 g/mol. The Hall–Kier alpha value is -2.37. The van der Waals surface area contributed by atoms with E-state index in [9.17, 15) is 4.79 Å². The maximum atomic E-state index is 10.2. The zero-order chi connectivity index (χ0) is 10.7. The first-order chi connectivity index (χ1) is 7.25. The highest BCUT2D eigenvalue weighted by molar-refractivity contribution is 5.60. The lowest BCUT2D eigenvalue weighted by Crippen LogP contribution is -2.01. The standard InChI is InChI=1S/C9H6N2O4/c12-9(13)15-7-5-11-8(14-7)6-2-1-3-10-4-6/h1-5H,(H,12,13). The molecule has 2 rings (SSSR count). The maximum absolute atomic E-state index is 10.2. The van der Waals surface area contributed by atoms with Gasteiger partial charge in [-0.15, -0.1) is 0 Å². The minimum atomic E-state index is -1.44. The van der Waals surface area contributed by atoms with Gasteiger partial charge in [0.05, 0.1) is 5.56 Å². The van der Waals surface area contributed by atoms with E-state index in [4.69, 9.17) is 9.52 Å². The molecular formula is C9H6N2O4. The van der Waals surface area contributed by atoms with E-state index in [0.717, 1.165) is 0 Å². The minimum absolute atomic E-state index is 0.165. The van der Waals surface area contributed by atoms with Gasteiger partial charge in [-0.3, -0.25) is 4.98 Å². The molecule has 2 aromatic rings. The molecule has 0 aromatic carbocycles. The van der Waals surface area contributed by atoms with Crippen LogP contribution in [0.3, 0.4) is 0 Å². The largest absolute Gasteiger partial charge is 0.513 e. The van der Waals surface area contributed by atoms with E-state index in [1.807, 2.05) is 0 Å². The summed E-state index contributed by atoms with van der Waals surface area (Å²) in [6.45, 7) is 0. The Morgan fingerprint density at radius 1 is 1.47 bits per heavy atom. The third kappa shape index (κ3) is 2.11. The van der Waals surface area contributed by atoms with E-state index in [0.29, 0.717) is 5.56 Å². The molecule has 0 radical (unpaired) electrons. The number of aromatic nitrogens is 2. The van der Waals surface area contributed by atoms with Gasteiger partial charge < -0.3 is 14.3 Å².